The Hall–Kier alpha value is -1.36. The summed E-state index contributed by atoms with van der Waals surface area (Å²) in [6.45, 7) is 0.614. The zero-order valence-corrected chi connectivity index (χ0v) is 8.52. The molecule has 0 atom stereocenters. The van der Waals surface area contributed by atoms with E-state index in [2.05, 4.69) is 15.4 Å². The Balaban J connectivity index is 2.18. The van der Waals surface area contributed by atoms with Gasteiger partial charge < -0.3 is 0 Å². The summed E-state index contributed by atoms with van der Waals surface area (Å²) in [6, 6.07) is 1.94. The fourth-order valence-electron chi connectivity index (χ4n) is 1.22. The fourth-order valence-corrected chi connectivity index (χ4v) is 1.42. The molecule has 74 valence electrons. The third-order valence-corrected chi connectivity index (χ3v) is 2.19. The van der Waals surface area contributed by atoms with E-state index in [4.69, 9.17) is 11.6 Å². The second kappa shape index (κ2) is 3.79. The molecule has 0 saturated heterocycles. The van der Waals surface area contributed by atoms with Crippen LogP contribution in [-0.4, -0.2) is 24.8 Å². The molecule has 0 radical (unpaired) electrons. The van der Waals surface area contributed by atoms with E-state index in [9.17, 15) is 0 Å². The molecule has 0 unspecified atom stereocenters. The summed E-state index contributed by atoms with van der Waals surface area (Å²) in [5, 5.41) is 12.0. The Bertz CT molecular complexity index is 419. The normalized spacial score (nSPS) is 10.7. The smallest absolute Gasteiger partial charge is 0.0871 e. The molecule has 0 aliphatic rings. The lowest BCUT2D eigenvalue weighted by molar-refractivity contribution is 0.608. The van der Waals surface area contributed by atoms with Crippen LogP contribution < -0.4 is 0 Å². The quantitative estimate of drug-likeness (QED) is 0.706. The average molecular weight is 212 g/mol. The Morgan fingerprint density at radius 3 is 3.00 bits per heavy atom. The van der Waals surface area contributed by atoms with Gasteiger partial charge in [0.15, 0.2) is 0 Å². The van der Waals surface area contributed by atoms with Crippen molar-refractivity contribution in [3.63, 3.8) is 0 Å². The van der Waals surface area contributed by atoms with Crippen molar-refractivity contribution in [1.29, 1.82) is 0 Å². The Morgan fingerprint density at radius 1 is 1.50 bits per heavy atom. The monoisotopic (exact) mass is 211 g/mol. The van der Waals surface area contributed by atoms with Gasteiger partial charge in [0, 0.05) is 13.2 Å². The van der Waals surface area contributed by atoms with Crippen LogP contribution >= 0.6 is 11.6 Å². The maximum absolute atomic E-state index is 5.72. The van der Waals surface area contributed by atoms with Gasteiger partial charge in [0.25, 0.3) is 0 Å². The van der Waals surface area contributed by atoms with E-state index in [-0.39, 0.29) is 0 Å². The molecule has 0 amide bonds. The molecule has 0 aliphatic heterocycles. The minimum Gasteiger partial charge on any atom is -0.275 e. The van der Waals surface area contributed by atoms with Gasteiger partial charge in [-0.25, -0.2) is 4.68 Å². The second-order valence-corrected chi connectivity index (χ2v) is 3.26. The van der Waals surface area contributed by atoms with Gasteiger partial charge in [-0.2, -0.15) is 5.10 Å². The number of rotatable bonds is 3. The van der Waals surface area contributed by atoms with Crippen molar-refractivity contribution in [3.05, 3.63) is 29.8 Å². The van der Waals surface area contributed by atoms with Crippen LogP contribution in [0.3, 0.4) is 0 Å². The largest absolute Gasteiger partial charge is 0.275 e. The molecule has 5 nitrogen and oxygen atoms in total. The first kappa shape index (κ1) is 9.21. The van der Waals surface area contributed by atoms with Crippen LogP contribution in [0.25, 0.3) is 0 Å². The topological polar surface area (TPSA) is 48.5 Å². The van der Waals surface area contributed by atoms with Gasteiger partial charge in [-0.3, -0.25) is 4.68 Å². The number of hydrogen-bond donors (Lipinski definition) is 0. The van der Waals surface area contributed by atoms with Gasteiger partial charge >= 0.3 is 0 Å². The maximum atomic E-state index is 5.72. The lowest BCUT2D eigenvalue weighted by Crippen LogP contribution is -2.06. The Labute approximate surface area is 86.3 Å². The Kier molecular flexibility index (Phi) is 2.49. The van der Waals surface area contributed by atoms with Crippen LogP contribution in [0.4, 0.5) is 0 Å². The van der Waals surface area contributed by atoms with E-state index in [1.54, 1.807) is 15.6 Å². The first-order valence-electron chi connectivity index (χ1n) is 4.21. The van der Waals surface area contributed by atoms with Crippen molar-refractivity contribution in [2.45, 2.75) is 12.4 Å². The first-order chi connectivity index (χ1) is 6.79. The van der Waals surface area contributed by atoms with Crippen molar-refractivity contribution in [2.24, 2.45) is 7.05 Å². The summed E-state index contributed by atoms with van der Waals surface area (Å²) in [5.74, 6) is 0.417. The number of alkyl halides is 1. The van der Waals surface area contributed by atoms with Gasteiger partial charge in [0.2, 0.25) is 0 Å². The maximum Gasteiger partial charge on any atom is 0.0871 e. The standard InChI is InChI=1S/C8H10ClN5/c1-13-3-2-7(11-13)6-14-8(4-9)5-10-12-14/h2-3,5H,4,6H2,1H3. The van der Waals surface area contributed by atoms with Crippen LogP contribution in [0.15, 0.2) is 18.5 Å². The summed E-state index contributed by atoms with van der Waals surface area (Å²) < 4.78 is 3.50. The molecule has 0 spiro atoms. The highest BCUT2D eigenvalue weighted by Crippen LogP contribution is 2.04. The zero-order chi connectivity index (χ0) is 9.97. The summed E-state index contributed by atoms with van der Waals surface area (Å²) in [5.41, 5.74) is 1.85. The molecule has 0 saturated carbocycles. The van der Waals surface area contributed by atoms with E-state index in [0.717, 1.165) is 11.4 Å². The zero-order valence-electron chi connectivity index (χ0n) is 7.76. The van der Waals surface area contributed by atoms with E-state index >= 15 is 0 Å². The molecule has 2 aromatic heterocycles. The van der Waals surface area contributed by atoms with Gasteiger partial charge in [0.05, 0.1) is 30.0 Å². The molecule has 2 aromatic rings. The molecule has 0 fully saturated rings. The van der Waals surface area contributed by atoms with Crippen molar-refractivity contribution in [1.82, 2.24) is 24.8 Å². The van der Waals surface area contributed by atoms with Crippen LogP contribution in [-0.2, 0) is 19.5 Å². The predicted octanol–water partition coefficient (Wildman–Crippen LogP) is 0.799. The number of aryl methyl sites for hydroxylation is 1. The van der Waals surface area contributed by atoms with Crippen LogP contribution in [0.5, 0.6) is 0 Å². The van der Waals surface area contributed by atoms with E-state index in [1.807, 2.05) is 19.3 Å². The number of halogens is 1. The molecule has 2 rings (SSSR count). The first-order valence-corrected chi connectivity index (χ1v) is 4.75. The third kappa shape index (κ3) is 1.77. The van der Waals surface area contributed by atoms with Crippen molar-refractivity contribution < 1.29 is 0 Å². The summed E-state index contributed by atoms with van der Waals surface area (Å²) in [6.07, 6.45) is 3.56. The lowest BCUT2D eigenvalue weighted by atomic mass is 10.4. The SMILES string of the molecule is Cn1ccc(Cn2nncc2CCl)n1. The molecular weight excluding hydrogens is 202 g/mol. The van der Waals surface area contributed by atoms with E-state index in [0.29, 0.717) is 12.4 Å². The third-order valence-electron chi connectivity index (χ3n) is 1.92. The van der Waals surface area contributed by atoms with Gasteiger partial charge in [-0.05, 0) is 6.07 Å². The second-order valence-electron chi connectivity index (χ2n) is 3.00. The van der Waals surface area contributed by atoms with Gasteiger partial charge in [0.1, 0.15) is 0 Å². The number of nitrogens with zero attached hydrogens (tertiary/aromatic N) is 5. The molecule has 0 N–H and O–H groups in total. The van der Waals surface area contributed by atoms with Gasteiger partial charge in [-0.1, -0.05) is 5.21 Å². The van der Waals surface area contributed by atoms with Crippen LogP contribution in [0.2, 0.25) is 0 Å². The highest BCUT2D eigenvalue weighted by atomic mass is 35.5. The van der Waals surface area contributed by atoms with E-state index in [1.165, 1.54) is 0 Å². The average Bonchev–Trinajstić information content (AvgIpc) is 2.76. The van der Waals surface area contributed by atoms with Crippen molar-refractivity contribution >= 4 is 11.6 Å². The summed E-state index contributed by atoms with van der Waals surface area (Å²) in [4.78, 5) is 0. The minimum absolute atomic E-state index is 0.417. The molecule has 0 bridgehead atoms. The lowest BCUT2D eigenvalue weighted by Gasteiger charge is -2.00. The van der Waals surface area contributed by atoms with E-state index < -0.39 is 0 Å². The highest BCUT2D eigenvalue weighted by molar-refractivity contribution is 6.16. The van der Waals surface area contributed by atoms with Gasteiger partial charge in [-0.15, -0.1) is 16.7 Å². The van der Waals surface area contributed by atoms with Crippen molar-refractivity contribution in [3.8, 4) is 0 Å². The highest BCUT2D eigenvalue weighted by Gasteiger charge is 2.04. The van der Waals surface area contributed by atoms with Crippen molar-refractivity contribution in [2.75, 3.05) is 0 Å². The molecule has 6 heteroatoms. The number of hydrogen-bond acceptors (Lipinski definition) is 3. The summed E-state index contributed by atoms with van der Waals surface area (Å²) in [7, 11) is 1.88. The molecule has 0 aromatic carbocycles. The summed E-state index contributed by atoms with van der Waals surface area (Å²) >= 11 is 5.72. The minimum atomic E-state index is 0.417. The van der Waals surface area contributed by atoms with Crippen LogP contribution in [0, 0.1) is 0 Å². The molecular formula is C8H10ClN5. The molecule has 2 heterocycles. The predicted molar refractivity (Wildman–Crippen MR) is 51.9 cm³/mol. The molecule has 14 heavy (non-hydrogen) atoms. The molecule has 0 aliphatic carbocycles. The number of aromatic nitrogens is 5. The Morgan fingerprint density at radius 2 is 2.36 bits per heavy atom. The fraction of sp³-hybridized carbons (Fsp3) is 0.375. The van der Waals surface area contributed by atoms with Crippen LogP contribution in [0.1, 0.15) is 11.4 Å².